The zero-order chi connectivity index (χ0) is 26.1. The Balaban J connectivity index is 1.87. The Kier molecular flexibility index (Phi) is 10.5. The van der Waals surface area contributed by atoms with E-state index in [0.717, 1.165) is 76.3 Å². The summed E-state index contributed by atoms with van der Waals surface area (Å²) in [5, 5.41) is 0. The first kappa shape index (κ1) is 28.4. The van der Waals surface area contributed by atoms with Crippen LogP contribution in [0.25, 0.3) is 11.1 Å². The molecule has 1 atom stereocenters. The predicted molar refractivity (Wildman–Crippen MR) is 150 cm³/mol. The van der Waals surface area contributed by atoms with Crippen molar-refractivity contribution in [1.29, 1.82) is 0 Å². The Morgan fingerprint density at radius 1 is 1.03 bits per heavy atom. The van der Waals surface area contributed by atoms with Gasteiger partial charge < -0.3 is 14.4 Å². The van der Waals surface area contributed by atoms with Gasteiger partial charge in [-0.3, -0.25) is 9.69 Å². The normalized spacial score (nSPS) is 16.1. The molecule has 0 amide bonds. The van der Waals surface area contributed by atoms with Gasteiger partial charge in [-0.15, -0.1) is 0 Å². The molecule has 5 heteroatoms. The molecule has 0 N–H and O–H groups in total. The highest BCUT2D eigenvalue weighted by Gasteiger charge is 2.38. The first-order valence-electron chi connectivity index (χ1n) is 13.7. The summed E-state index contributed by atoms with van der Waals surface area (Å²) < 4.78 is 10.8. The zero-order valence-corrected chi connectivity index (χ0v) is 23.4. The summed E-state index contributed by atoms with van der Waals surface area (Å²) in [4.78, 5) is 18.7. The number of Topliss-reactive ketones (excluding diaryl/α,β-unsaturated/α-hetero) is 1. The van der Waals surface area contributed by atoms with Crippen molar-refractivity contribution >= 4 is 11.5 Å². The number of likely N-dealkylation sites (N-methyl/N-ethyl adjacent to an activating group) is 1. The number of nitrogens with zero attached hydrogens (tertiary/aromatic N) is 2. The Morgan fingerprint density at radius 3 is 2.25 bits per heavy atom. The Morgan fingerprint density at radius 2 is 1.69 bits per heavy atom. The molecule has 198 valence electrons. The first-order valence-corrected chi connectivity index (χ1v) is 13.7. The van der Waals surface area contributed by atoms with Gasteiger partial charge in [0.05, 0.1) is 19.8 Å². The summed E-state index contributed by atoms with van der Waals surface area (Å²) in [5.41, 5.74) is 6.52. The van der Waals surface area contributed by atoms with Gasteiger partial charge in [0.25, 0.3) is 0 Å². The summed E-state index contributed by atoms with van der Waals surface area (Å²) >= 11 is 0. The van der Waals surface area contributed by atoms with Crippen LogP contribution in [0, 0.1) is 19.3 Å². The van der Waals surface area contributed by atoms with Gasteiger partial charge in [-0.1, -0.05) is 38.5 Å². The SMILES string of the molecule is CCCC(CC)(CN1CCOCC1)C(=O)c1ccc(-c2ccc(N(CC)CCOC)cc2C)c(C)c1. The molecule has 1 saturated heterocycles. The van der Waals surface area contributed by atoms with Crippen molar-refractivity contribution in [2.75, 3.05) is 64.6 Å². The molecule has 1 fully saturated rings. The summed E-state index contributed by atoms with van der Waals surface area (Å²) in [6.45, 7) is 17.5. The van der Waals surface area contributed by atoms with Gasteiger partial charge in [-0.2, -0.15) is 0 Å². The van der Waals surface area contributed by atoms with Gasteiger partial charge in [-0.25, -0.2) is 0 Å². The fourth-order valence-electron chi connectivity index (χ4n) is 5.61. The number of rotatable bonds is 13. The van der Waals surface area contributed by atoms with E-state index in [4.69, 9.17) is 9.47 Å². The molecule has 0 aliphatic carbocycles. The topological polar surface area (TPSA) is 42.0 Å². The maximum Gasteiger partial charge on any atom is 0.170 e. The fourth-order valence-corrected chi connectivity index (χ4v) is 5.61. The lowest BCUT2D eigenvalue weighted by molar-refractivity contribution is 0.0138. The van der Waals surface area contributed by atoms with Crippen molar-refractivity contribution in [3.8, 4) is 11.1 Å². The highest BCUT2D eigenvalue weighted by atomic mass is 16.5. The lowest BCUT2D eigenvalue weighted by Gasteiger charge is -2.38. The summed E-state index contributed by atoms with van der Waals surface area (Å²) in [7, 11) is 1.74. The second-order valence-corrected chi connectivity index (χ2v) is 10.2. The Labute approximate surface area is 218 Å². The maximum absolute atomic E-state index is 14.0. The molecule has 3 rings (SSSR count). The number of ether oxygens (including phenoxy) is 2. The largest absolute Gasteiger partial charge is 0.383 e. The quantitative estimate of drug-likeness (QED) is 0.312. The number of methoxy groups -OCH3 is 1. The summed E-state index contributed by atoms with van der Waals surface area (Å²) in [6, 6.07) is 13.0. The number of morpholine rings is 1. The molecule has 2 aromatic carbocycles. The van der Waals surface area contributed by atoms with E-state index in [1.165, 1.54) is 22.4 Å². The van der Waals surface area contributed by atoms with Crippen molar-refractivity contribution in [3.63, 3.8) is 0 Å². The minimum atomic E-state index is -0.344. The van der Waals surface area contributed by atoms with Crippen molar-refractivity contribution < 1.29 is 14.3 Å². The number of aryl methyl sites for hydroxylation is 2. The smallest absolute Gasteiger partial charge is 0.170 e. The van der Waals surface area contributed by atoms with Crippen molar-refractivity contribution in [3.05, 3.63) is 53.1 Å². The first-order chi connectivity index (χ1) is 17.4. The van der Waals surface area contributed by atoms with Crippen LogP contribution in [0.15, 0.2) is 36.4 Å². The third kappa shape index (κ3) is 6.56. The number of benzene rings is 2. The number of carbonyl (C=O) groups excluding carboxylic acids is 1. The molecule has 0 aromatic heterocycles. The molecule has 0 radical (unpaired) electrons. The van der Waals surface area contributed by atoms with Crippen LogP contribution in [0.3, 0.4) is 0 Å². The monoisotopic (exact) mass is 494 g/mol. The van der Waals surface area contributed by atoms with Gasteiger partial charge in [0.2, 0.25) is 0 Å². The van der Waals surface area contributed by atoms with E-state index in [0.29, 0.717) is 6.61 Å². The molecule has 0 bridgehead atoms. The summed E-state index contributed by atoms with van der Waals surface area (Å²) in [6.07, 6.45) is 2.78. The van der Waals surface area contributed by atoms with E-state index < -0.39 is 0 Å². The molecule has 0 saturated carbocycles. The van der Waals surface area contributed by atoms with Crippen LogP contribution in [0.4, 0.5) is 5.69 Å². The highest BCUT2D eigenvalue weighted by molar-refractivity contribution is 6.01. The van der Waals surface area contributed by atoms with Crippen molar-refractivity contribution in [1.82, 2.24) is 4.90 Å². The number of hydrogen-bond donors (Lipinski definition) is 0. The highest BCUT2D eigenvalue weighted by Crippen LogP contribution is 2.36. The standard InChI is InChI=1S/C31H46N2O3/c1-7-14-31(8-2,23-32-15-19-36-20-16-32)30(34)26-10-12-28(24(4)21-26)29-13-11-27(22-25(29)5)33(9-3)17-18-35-6/h10-13,21-22H,7-9,14-20,23H2,1-6H3. The van der Waals surface area contributed by atoms with E-state index in [1.807, 2.05) is 6.07 Å². The second-order valence-electron chi connectivity index (χ2n) is 10.2. The maximum atomic E-state index is 14.0. The van der Waals surface area contributed by atoms with Crippen LogP contribution < -0.4 is 4.90 Å². The van der Waals surface area contributed by atoms with Gasteiger partial charge in [-0.05, 0) is 74.1 Å². The van der Waals surface area contributed by atoms with Gasteiger partial charge in [0.1, 0.15) is 0 Å². The lowest BCUT2D eigenvalue weighted by atomic mass is 9.73. The summed E-state index contributed by atoms with van der Waals surface area (Å²) in [5.74, 6) is 0.289. The van der Waals surface area contributed by atoms with Crippen LogP contribution in [-0.2, 0) is 9.47 Å². The van der Waals surface area contributed by atoms with Gasteiger partial charge in [0, 0.05) is 56.5 Å². The van der Waals surface area contributed by atoms with Crippen LogP contribution in [-0.4, -0.2) is 70.3 Å². The molecule has 1 heterocycles. The second kappa shape index (κ2) is 13.4. The van der Waals surface area contributed by atoms with E-state index in [-0.39, 0.29) is 11.2 Å². The third-order valence-electron chi connectivity index (χ3n) is 7.82. The molecule has 0 spiro atoms. The van der Waals surface area contributed by atoms with Gasteiger partial charge in [0.15, 0.2) is 5.78 Å². The van der Waals surface area contributed by atoms with Gasteiger partial charge >= 0.3 is 0 Å². The molecule has 2 aromatic rings. The number of carbonyl (C=O) groups is 1. The van der Waals surface area contributed by atoms with E-state index in [9.17, 15) is 4.79 Å². The van der Waals surface area contributed by atoms with E-state index in [2.05, 4.69) is 74.8 Å². The molecule has 1 aliphatic heterocycles. The Bertz CT molecular complexity index is 999. The zero-order valence-electron chi connectivity index (χ0n) is 23.4. The van der Waals surface area contributed by atoms with Crippen molar-refractivity contribution in [2.45, 2.75) is 53.9 Å². The van der Waals surface area contributed by atoms with Crippen LogP contribution >= 0.6 is 0 Å². The number of ketones is 1. The number of hydrogen-bond acceptors (Lipinski definition) is 5. The molecule has 5 nitrogen and oxygen atoms in total. The van der Waals surface area contributed by atoms with Crippen LogP contribution in [0.1, 0.15) is 61.5 Å². The average molecular weight is 495 g/mol. The average Bonchev–Trinajstić information content (AvgIpc) is 2.89. The predicted octanol–water partition coefficient (Wildman–Crippen LogP) is 6.15. The Hall–Kier alpha value is -2.21. The third-order valence-corrected chi connectivity index (χ3v) is 7.82. The van der Waals surface area contributed by atoms with E-state index >= 15 is 0 Å². The minimum Gasteiger partial charge on any atom is -0.383 e. The molecule has 36 heavy (non-hydrogen) atoms. The molecule has 1 unspecified atom stereocenters. The lowest BCUT2D eigenvalue weighted by Crippen LogP contribution is -2.47. The van der Waals surface area contributed by atoms with E-state index in [1.54, 1.807) is 7.11 Å². The van der Waals surface area contributed by atoms with Crippen LogP contribution in [0.2, 0.25) is 0 Å². The van der Waals surface area contributed by atoms with Crippen LogP contribution in [0.5, 0.6) is 0 Å². The molecular formula is C31H46N2O3. The number of anilines is 1. The van der Waals surface area contributed by atoms with Crippen molar-refractivity contribution in [2.24, 2.45) is 5.41 Å². The molecular weight excluding hydrogens is 448 g/mol. The fraction of sp³-hybridized carbons (Fsp3) is 0.581. The minimum absolute atomic E-state index is 0.289. The molecule has 1 aliphatic rings.